The van der Waals surface area contributed by atoms with Gasteiger partial charge in [0.25, 0.3) is 6.20 Å². The van der Waals surface area contributed by atoms with Crippen LogP contribution in [0.4, 0.5) is 5.69 Å². The van der Waals surface area contributed by atoms with Crippen LogP contribution in [-0.4, -0.2) is 58.8 Å². The molecule has 4 rings (SSSR count). The topological polar surface area (TPSA) is 121 Å². The molecule has 2 N–H and O–H groups in total. The molecule has 10 nitrogen and oxygen atoms in total. The maximum Gasteiger partial charge on any atom is 0.274 e. The van der Waals surface area contributed by atoms with Crippen molar-refractivity contribution in [2.45, 2.75) is 45.1 Å². The Hall–Kier alpha value is -3.56. The van der Waals surface area contributed by atoms with Crippen LogP contribution in [0.25, 0.3) is 11.1 Å². The Morgan fingerprint density at radius 1 is 1.27 bits per heavy atom. The average Bonchev–Trinajstić information content (AvgIpc) is 3.38. The summed E-state index contributed by atoms with van der Waals surface area (Å²) in [5, 5.41) is 17.5. The summed E-state index contributed by atoms with van der Waals surface area (Å²) in [5.41, 5.74) is 3.31. The molecule has 2 fully saturated rings. The van der Waals surface area contributed by atoms with Crippen molar-refractivity contribution in [3.63, 3.8) is 0 Å². The Morgan fingerprint density at radius 3 is 2.79 bits per heavy atom. The summed E-state index contributed by atoms with van der Waals surface area (Å²) in [6.07, 6.45) is 8.06. The first-order valence-electron chi connectivity index (χ1n) is 11.3. The molecule has 176 valence electrons. The van der Waals surface area contributed by atoms with Crippen molar-refractivity contribution < 1.29 is 18.9 Å². The number of aryl methyl sites for hydroxylation is 1. The minimum atomic E-state index is -0.663. The van der Waals surface area contributed by atoms with Gasteiger partial charge < -0.3 is 24.9 Å². The highest BCUT2D eigenvalue weighted by molar-refractivity contribution is 5.88. The molecule has 0 bridgehead atoms. The number of anilines is 1. The molecule has 10 heteroatoms. The van der Waals surface area contributed by atoms with Crippen molar-refractivity contribution in [3.05, 3.63) is 52.4 Å². The molecule has 0 radical (unpaired) electrons. The normalized spacial score (nSPS) is 19.6. The predicted molar refractivity (Wildman–Crippen MR) is 122 cm³/mol. The van der Waals surface area contributed by atoms with E-state index < -0.39 is 11.0 Å². The minimum absolute atomic E-state index is 0.0386. The molecule has 0 aromatic rings. The van der Waals surface area contributed by atoms with E-state index >= 15 is 0 Å². The van der Waals surface area contributed by atoms with Crippen LogP contribution < -0.4 is 10.6 Å². The Bertz CT molecular complexity index is 1030. The van der Waals surface area contributed by atoms with Crippen LogP contribution in [0.1, 0.15) is 37.7 Å². The van der Waals surface area contributed by atoms with Crippen molar-refractivity contribution in [1.82, 2.24) is 15.1 Å². The van der Waals surface area contributed by atoms with E-state index in [0.717, 1.165) is 61.7 Å². The zero-order valence-corrected chi connectivity index (χ0v) is 18.7. The van der Waals surface area contributed by atoms with Crippen LogP contribution >= 0.6 is 0 Å². The fourth-order valence-corrected chi connectivity index (χ4v) is 4.55. The molecule has 3 aliphatic heterocycles. The second-order valence-electron chi connectivity index (χ2n) is 8.62. The van der Waals surface area contributed by atoms with E-state index in [9.17, 15) is 19.7 Å². The highest BCUT2D eigenvalue weighted by atomic mass is 16.6. The van der Waals surface area contributed by atoms with Crippen LogP contribution in [0.2, 0.25) is 0 Å². The van der Waals surface area contributed by atoms with Crippen LogP contribution in [0.15, 0.2) is 41.1 Å². The Kier molecular flexibility index (Phi) is 6.81. The van der Waals surface area contributed by atoms with Gasteiger partial charge in [-0.15, -0.1) is 0 Å². The lowest BCUT2D eigenvalue weighted by Crippen LogP contribution is -2.49. The summed E-state index contributed by atoms with van der Waals surface area (Å²) in [4.78, 5) is 40.0. The molecule has 0 spiro atoms. The number of carbonyl (C=O) groups excluding carboxylic acids is 2. The molecule has 1 atom stereocenters. The number of likely N-dealkylation sites (tertiary alicyclic amines) is 2. The van der Waals surface area contributed by atoms with Gasteiger partial charge in [0, 0.05) is 25.2 Å². The van der Waals surface area contributed by atoms with Crippen LogP contribution in [0, 0.1) is 17.0 Å². The van der Waals surface area contributed by atoms with E-state index in [4.69, 9.17) is 4.42 Å². The minimum Gasteiger partial charge on any atom is -0.472 e. The van der Waals surface area contributed by atoms with Gasteiger partial charge in [-0.05, 0) is 62.3 Å². The van der Waals surface area contributed by atoms with Crippen molar-refractivity contribution in [3.8, 4) is 11.1 Å². The molecule has 0 aromatic heterocycles. The summed E-state index contributed by atoms with van der Waals surface area (Å²) in [6, 6.07) is 3.12. The van der Waals surface area contributed by atoms with Gasteiger partial charge in [0.2, 0.25) is 11.8 Å². The smallest absolute Gasteiger partial charge is 0.274 e. The molecule has 33 heavy (non-hydrogen) atoms. The maximum atomic E-state index is 13.3. The van der Waals surface area contributed by atoms with Crippen molar-refractivity contribution in [2.24, 2.45) is 0 Å². The van der Waals surface area contributed by atoms with E-state index in [0.29, 0.717) is 18.7 Å². The maximum absolute atomic E-state index is 13.3. The fraction of sp³-hybridized carbons (Fsp3) is 0.478. The highest BCUT2D eigenvalue weighted by Gasteiger charge is 2.31. The standard InChI is InChI=1S/C23H29N5O5/c1-16-12-17-7-11-33-15-18(17)22(16)25-20(13-28(31)32)24-19-6-2-3-10-27(23(19)30)14-21(29)26-8-4-5-9-26/h7,11-13,15,19,24-25H,2-6,8-10,14H2,1H3/t19-/m0/s1. The van der Waals surface area contributed by atoms with E-state index in [2.05, 4.69) is 10.6 Å². The number of hydrogen-bond acceptors (Lipinski definition) is 7. The SMILES string of the molecule is Cc1cc2ccocc-2c1NC(=C[N+](=O)[O-])N[C@H]1CCCCN(CC(=O)N2CCCC2)C1=O. The molecule has 2 amide bonds. The number of nitrogens with zero attached hydrogens (tertiary/aromatic N) is 3. The number of amides is 2. The number of carbonyl (C=O) groups is 2. The number of hydrogen-bond donors (Lipinski definition) is 2. The summed E-state index contributed by atoms with van der Waals surface area (Å²) < 4.78 is 5.27. The molecule has 0 unspecified atom stereocenters. The van der Waals surface area contributed by atoms with E-state index in [1.165, 1.54) is 0 Å². The predicted octanol–water partition coefficient (Wildman–Crippen LogP) is 2.77. The molecule has 2 saturated heterocycles. The molecule has 4 aliphatic rings. The molecule has 1 aliphatic carbocycles. The van der Waals surface area contributed by atoms with Crippen molar-refractivity contribution >= 4 is 17.5 Å². The van der Waals surface area contributed by atoms with Crippen LogP contribution in [-0.2, 0) is 9.59 Å². The van der Waals surface area contributed by atoms with E-state index in [-0.39, 0.29) is 24.2 Å². The largest absolute Gasteiger partial charge is 0.472 e. The van der Waals surface area contributed by atoms with E-state index in [1.807, 2.05) is 19.1 Å². The summed E-state index contributed by atoms with van der Waals surface area (Å²) >= 11 is 0. The average molecular weight is 456 g/mol. The third kappa shape index (κ3) is 5.27. The second kappa shape index (κ2) is 9.93. The fourth-order valence-electron chi connectivity index (χ4n) is 4.55. The lowest BCUT2D eigenvalue weighted by atomic mass is 10.1. The van der Waals surface area contributed by atoms with Gasteiger partial charge in [0.15, 0.2) is 5.82 Å². The first-order valence-corrected chi connectivity index (χ1v) is 11.3. The molecular weight excluding hydrogens is 426 g/mol. The number of nitro groups is 1. The number of nitrogens with one attached hydrogen (secondary N) is 2. The first-order chi connectivity index (χ1) is 15.9. The zero-order chi connectivity index (χ0) is 23.4. The molecule has 3 heterocycles. The van der Waals surface area contributed by atoms with Gasteiger partial charge in [0.1, 0.15) is 12.3 Å². The van der Waals surface area contributed by atoms with Crippen molar-refractivity contribution in [2.75, 3.05) is 31.5 Å². The summed E-state index contributed by atoms with van der Waals surface area (Å²) in [6.45, 7) is 3.93. The highest BCUT2D eigenvalue weighted by Crippen LogP contribution is 2.36. The summed E-state index contributed by atoms with van der Waals surface area (Å²) in [5.74, 6) is -0.135. The van der Waals surface area contributed by atoms with Gasteiger partial charge in [0.05, 0.1) is 23.4 Å². The van der Waals surface area contributed by atoms with E-state index in [1.54, 1.807) is 22.3 Å². The lowest BCUT2D eigenvalue weighted by Gasteiger charge is -2.27. The van der Waals surface area contributed by atoms with Gasteiger partial charge in [-0.3, -0.25) is 19.7 Å². The van der Waals surface area contributed by atoms with Crippen molar-refractivity contribution in [1.29, 1.82) is 0 Å². The molecule has 0 aromatic carbocycles. The Morgan fingerprint density at radius 2 is 2.03 bits per heavy atom. The van der Waals surface area contributed by atoms with Crippen LogP contribution in [0.5, 0.6) is 0 Å². The zero-order valence-electron chi connectivity index (χ0n) is 18.7. The second-order valence-corrected chi connectivity index (χ2v) is 8.62. The molecule has 0 saturated carbocycles. The third-order valence-corrected chi connectivity index (χ3v) is 6.25. The van der Waals surface area contributed by atoms with Gasteiger partial charge in [-0.1, -0.05) is 0 Å². The quantitative estimate of drug-likeness (QED) is 0.486. The summed E-state index contributed by atoms with van der Waals surface area (Å²) in [7, 11) is 0. The van der Waals surface area contributed by atoms with Gasteiger partial charge >= 0.3 is 0 Å². The third-order valence-electron chi connectivity index (χ3n) is 6.25. The number of rotatable bonds is 7. The van der Waals surface area contributed by atoms with Gasteiger partial charge in [-0.25, -0.2) is 0 Å². The lowest BCUT2D eigenvalue weighted by molar-refractivity contribution is -0.403. The number of fused-ring (bicyclic) bond motifs is 1. The first kappa shape index (κ1) is 22.6. The monoisotopic (exact) mass is 455 g/mol. The molecular formula is C23H29N5O5. The Labute approximate surface area is 192 Å². The van der Waals surface area contributed by atoms with Gasteiger partial charge in [-0.2, -0.15) is 0 Å². The Balaban J connectivity index is 1.50. The van der Waals surface area contributed by atoms with Crippen LogP contribution in [0.3, 0.4) is 0 Å².